The fourth-order valence-corrected chi connectivity index (χ4v) is 3.74. The molecule has 0 fully saturated rings. The summed E-state index contributed by atoms with van der Waals surface area (Å²) < 4.78 is 0. The van der Waals surface area contributed by atoms with Gasteiger partial charge in [0, 0.05) is 22.7 Å². The van der Waals surface area contributed by atoms with Gasteiger partial charge in [-0.15, -0.1) is 11.8 Å². The lowest BCUT2D eigenvalue weighted by atomic mass is 9.88. The summed E-state index contributed by atoms with van der Waals surface area (Å²) in [6.45, 7) is 23.5. The van der Waals surface area contributed by atoms with Crippen molar-refractivity contribution in [3.05, 3.63) is 100 Å². The van der Waals surface area contributed by atoms with E-state index in [-0.39, 0.29) is 0 Å². The van der Waals surface area contributed by atoms with Crippen LogP contribution >= 0.6 is 11.8 Å². The number of para-hydroxylation sites is 1. The van der Waals surface area contributed by atoms with Crippen LogP contribution < -0.4 is 4.90 Å². The molecule has 0 radical (unpaired) electrons. The Hall–Kier alpha value is -2.19. The van der Waals surface area contributed by atoms with E-state index >= 15 is 0 Å². The predicted molar refractivity (Wildman–Crippen MR) is 119 cm³/mol. The maximum Gasteiger partial charge on any atom is 0.0467 e. The molecule has 0 bridgehead atoms. The molecule has 1 aliphatic rings. The van der Waals surface area contributed by atoms with Gasteiger partial charge in [0.15, 0.2) is 0 Å². The molecular formula is C24H29NS. The third kappa shape index (κ3) is 3.96. The molecule has 1 aromatic carbocycles. The highest BCUT2D eigenvalue weighted by atomic mass is 32.2. The van der Waals surface area contributed by atoms with Gasteiger partial charge >= 0.3 is 0 Å². The van der Waals surface area contributed by atoms with E-state index in [1.807, 2.05) is 11.5 Å². The smallest absolute Gasteiger partial charge is 0.0467 e. The predicted octanol–water partition coefficient (Wildman–Crippen LogP) is 7.60. The average molecular weight is 364 g/mol. The van der Waals surface area contributed by atoms with Crippen molar-refractivity contribution in [3.63, 3.8) is 0 Å². The molecule has 0 saturated carbocycles. The molecule has 2 heteroatoms. The van der Waals surface area contributed by atoms with Gasteiger partial charge < -0.3 is 4.90 Å². The molecule has 0 N–H and O–H groups in total. The summed E-state index contributed by atoms with van der Waals surface area (Å²) in [6, 6.07) is 10.4. The molecule has 1 aliphatic heterocycles. The summed E-state index contributed by atoms with van der Waals surface area (Å²) in [4.78, 5) is 3.48. The molecule has 0 aliphatic carbocycles. The van der Waals surface area contributed by atoms with E-state index in [0.717, 1.165) is 22.5 Å². The fraction of sp³-hybridized carbons (Fsp3) is 0.250. The summed E-state index contributed by atoms with van der Waals surface area (Å²) in [5, 5.41) is 1.86. The summed E-state index contributed by atoms with van der Waals surface area (Å²) in [5.41, 5.74) is 7.93. The number of hydrogen-bond acceptors (Lipinski definition) is 2. The van der Waals surface area contributed by atoms with Crippen LogP contribution in [0.3, 0.4) is 0 Å². The lowest BCUT2D eigenvalue weighted by Gasteiger charge is -2.37. The Morgan fingerprint density at radius 2 is 1.77 bits per heavy atom. The molecule has 1 aromatic rings. The largest absolute Gasteiger partial charge is 0.314 e. The van der Waals surface area contributed by atoms with E-state index in [9.17, 15) is 0 Å². The van der Waals surface area contributed by atoms with Crippen molar-refractivity contribution in [3.8, 4) is 0 Å². The summed E-state index contributed by atoms with van der Waals surface area (Å²) in [6.07, 6.45) is 2.27. The number of thioether (sulfide) groups is 1. The van der Waals surface area contributed by atoms with E-state index in [2.05, 4.69) is 89.6 Å². The highest BCUT2D eigenvalue weighted by Gasteiger charge is 2.27. The molecule has 0 spiro atoms. The Bertz CT molecular complexity index is 819. The van der Waals surface area contributed by atoms with E-state index < -0.39 is 0 Å². The number of nitrogens with zero attached hydrogens (tertiary/aromatic N) is 1. The second kappa shape index (κ2) is 8.46. The normalized spacial score (nSPS) is 15.8. The van der Waals surface area contributed by atoms with Crippen LogP contribution in [0, 0.1) is 5.92 Å². The van der Waals surface area contributed by atoms with Crippen molar-refractivity contribution in [1.29, 1.82) is 0 Å². The third-order valence-electron chi connectivity index (χ3n) is 4.72. The molecule has 1 heterocycles. The van der Waals surface area contributed by atoms with E-state index in [1.165, 1.54) is 21.7 Å². The van der Waals surface area contributed by atoms with E-state index in [0.29, 0.717) is 5.92 Å². The van der Waals surface area contributed by atoms with Gasteiger partial charge in [0.1, 0.15) is 0 Å². The monoisotopic (exact) mass is 363 g/mol. The van der Waals surface area contributed by atoms with Crippen LogP contribution in [0.5, 0.6) is 0 Å². The van der Waals surface area contributed by atoms with Crippen LogP contribution in [0.15, 0.2) is 100 Å². The fourth-order valence-electron chi connectivity index (χ4n) is 3.19. The number of rotatable bonds is 6. The van der Waals surface area contributed by atoms with Gasteiger partial charge in [0.2, 0.25) is 0 Å². The lowest BCUT2D eigenvalue weighted by Crippen LogP contribution is -2.29. The first-order valence-corrected chi connectivity index (χ1v) is 9.79. The summed E-state index contributed by atoms with van der Waals surface area (Å²) in [7, 11) is 0. The Balaban J connectivity index is 2.58. The van der Waals surface area contributed by atoms with Gasteiger partial charge in [-0.3, -0.25) is 0 Å². The summed E-state index contributed by atoms with van der Waals surface area (Å²) >= 11 is 1.64. The summed E-state index contributed by atoms with van der Waals surface area (Å²) in [5.74, 6) is 0.395. The molecule has 0 amide bonds. The minimum atomic E-state index is 0.395. The van der Waals surface area contributed by atoms with Crippen LogP contribution in [0.25, 0.3) is 0 Å². The van der Waals surface area contributed by atoms with Gasteiger partial charge in [0.05, 0.1) is 0 Å². The van der Waals surface area contributed by atoms with Crippen LogP contribution in [-0.4, -0.2) is 0 Å². The van der Waals surface area contributed by atoms with Crippen molar-refractivity contribution >= 4 is 17.4 Å². The van der Waals surface area contributed by atoms with Crippen LogP contribution in [0.2, 0.25) is 0 Å². The highest BCUT2D eigenvalue weighted by molar-refractivity contribution is 8.05. The molecule has 0 unspecified atom stereocenters. The molecular weight excluding hydrogens is 334 g/mol. The Morgan fingerprint density at radius 1 is 1.15 bits per heavy atom. The second-order valence-electron chi connectivity index (χ2n) is 6.84. The Kier molecular flexibility index (Phi) is 6.55. The first-order valence-electron chi connectivity index (χ1n) is 8.91. The van der Waals surface area contributed by atoms with Gasteiger partial charge in [-0.05, 0) is 71.9 Å². The van der Waals surface area contributed by atoms with E-state index in [1.54, 1.807) is 11.8 Å². The molecule has 2 rings (SSSR count). The van der Waals surface area contributed by atoms with Crippen molar-refractivity contribution in [1.82, 2.24) is 0 Å². The molecule has 0 aromatic heterocycles. The molecule has 136 valence electrons. The van der Waals surface area contributed by atoms with Gasteiger partial charge in [-0.25, -0.2) is 0 Å². The standard InChI is InChI=1S/C24H29NS/c1-9-26-21(8)18(5)19(6)24-17(4)15-23(16(2)3)25(20(24)7)22-13-11-10-12-14-22/h9-16H,1,6-7H2,2-5,8H3/b21-18+. The first-order chi connectivity index (χ1) is 12.3. The Labute approximate surface area is 163 Å². The maximum absolute atomic E-state index is 4.46. The number of allylic oxidation sites excluding steroid dienone is 6. The van der Waals surface area contributed by atoms with Crippen molar-refractivity contribution in [2.45, 2.75) is 34.6 Å². The minimum absolute atomic E-state index is 0.395. The maximum atomic E-state index is 4.46. The Morgan fingerprint density at radius 3 is 2.31 bits per heavy atom. The zero-order valence-corrected chi connectivity index (χ0v) is 17.4. The van der Waals surface area contributed by atoms with Crippen LogP contribution in [0.1, 0.15) is 34.6 Å². The zero-order valence-electron chi connectivity index (χ0n) is 16.6. The van der Waals surface area contributed by atoms with Crippen molar-refractivity contribution in [2.75, 3.05) is 4.90 Å². The van der Waals surface area contributed by atoms with Gasteiger partial charge in [-0.1, -0.05) is 51.8 Å². The second-order valence-corrected chi connectivity index (χ2v) is 8.03. The van der Waals surface area contributed by atoms with E-state index in [4.69, 9.17) is 0 Å². The molecule has 0 atom stereocenters. The minimum Gasteiger partial charge on any atom is -0.314 e. The number of hydrogen-bond donors (Lipinski definition) is 0. The third-order valence-corrected chi connectivity index (χ3v) is 5.55. The number of benzene rings is 1. The van der Waals surface area contributed by atoms with Crippen LogP contribution in [-0.2, 0) is 0 Å². The zero-order chi connectivity index (χ0) is 19.4. The SMILES string of the molecule is C=CS/C(C)=C(\C)C(=C)C1=C(C)C=C(C(C)C)N(c2ccccc2)C1=C. The molecule has 0 saturated heterocycles. The quantitative estimate of drug-likeness (QED) is 0.479. The highest BCUT2D eigenvalue weighted by Crippen LogP contribution is 2.41. The molecule has 1 nitrogen and oxygen atoms in total. The molecule has 26 heavy (non-hydrogen) atoms. The lowest BCUT2D eigenvalue weighted by molar-refractivity contribution is 0.730. The van der Waals surface area contributed by atoms with Gasteiger partial charge in [-0.2, -0.15) is 0 Å². The topological polar surface area (TPSA) is 3.24 Å². The van der Waals surface area contributed by atoms with Crippen molar-refractivity contribution in [2.24, 2.45) is 5.92 Å². The average Bonchev–Trinajstić information content (AvgIpc) is 2.61. The number of anilines is 1. The van der Waals surface area contributed by atoms with Crippen molar-refractivity contribution < 1.29 is 0 Å². The first kappa shape index (κ1) is 20.1. The van der Waals surface area contributed by atoms with Gasteiger partial charge in [0.25, 0.3) is 0 Å². The van der Waals surface area contributed by atoms with Crippen LogP contribution in [0.4, 0.5) is 5.69 Å².